The maximum atomic E-state index is 9.01. The van der Waals surface area contributed by atoms with Crippen molar-refractivity contribution in [1.82, 2.24) is 19.9 Å². The van der Waals surface area contributed by atoms with Crippen molar-refractivity contribution in [2.75, 3.05) is 7.11 Å². The van der Waals surface area contributed by atoms with Crippen molar-refractivity contribution < 1.29 is 4.74 Å². The first kappa shape index (κ1) is 17.7. The first-order valence-corrected chi connectivity index (χ1v) is 8.93. The summed E-state index contributed by atoms with van der Waals surface area (Å²) in [6.45, 7) is 1.44. The average Bonchev–Trinajstić information content (AvgIpc) is 3.22. The fraction of sp³-hybridized carbons (Fsp3) is 0.136. The van der Waals surface area contributed by atoms with Crippen LogP contribution in [0.3, 0.4) is 0 Å². The van der Waals surface area contributed by atoms with Gasteiger partial charge in [0.25, 0.3) is 0 Å². The van der Waals surface area contributed by atoms with Gasteiger partial charge in [-0.15, -0.1) is 0 Å². The molecular formula is C22H19N5O. The lowest BCUT2D eigenvalue weighted by Crippen LogP contribution is -2.13. The standard InChI is InChI=1S/C22H19N5O/c1-28-20-4-2-3-17(9-20)13-24-14-18-10-21(27-22(11-18)25-15-26-27)19-7-5-16(12-23)6-8-19/h2-11,15,24H,13-14H2,1H3. The summed E-state index contributed by atoms with van der Waals surface area (Å²) in [5, 5.41) is 16.8. The van der Waals surface area contributed by atoms with Crippen LogP contribution >= 0.6 is 0 Å². The summed E-state index contributed by atoms with van der Waals surface area (Å²) in [6.07, 6.45) is 1.55. The van der Waals surface area contributed by atoms with E-state index in [9.17, 15) is 0 Å². The Labute approximate surface area is 163 Å². The predicted octanol–water partition coefficient (Wildman–Crippen LogP) is 3.57. The minimum atomic E-state index is 0.634. The highest BCUT2D eigenvalue weighted by atomic mass is 16.5. The fourth-order valence-corrected chi connectivity index (χ4v) is 3.14. The van der Waals surface area contributed by atoms with Gasteiger partial charge >= 0.3 is 0 Å². The molecule has 2 aromatic heterocycles. The fourth-order valence-electron chi connectivity index (χ4n) is 3.14. The Morgan fingerprint density at radius 3 is 2.64 bits per heavy atom. The third-order valence-corrected chi connectivity index (χ3v) is 4.54. The highest BCUT2D eigenvalue weighted by molar-refractivity contribution is 5.65. The van der Waals surface area contributed by atoms with Crippen molar-refractivity contribution in [2.24, 2.45) is 0 Å². The second-order valence-corrected chi connectivity index (χ2v) is 6.42. The number of nitrogens with zero attached hydrogens (tertiary/aromatic N) is 4. The first-order valence-electron chi connectivity index (χ1n) is 8.93. The van der Waals surface area contributed by atoms with Crippen LogP contribution in [0.15, 0.2) is 67.0 Å². The number of hydrogen-bond donors (Lipinski definition) is 1. The molecule has 0 unspecified atom stereocenters. The Kier molecular flexibility index (Phi) is 5.00. The summed E-state index contributed by atoms with van der Waals surface area (Å²) in [5.74, 6) is 0.854. The second-order valence-electron chi connectivity index (χ2n) is 6.42. The number of fused-ring (bicyclic) bond motifs is 1. The Balaban J connectivity index is 1.56. The van der Waals surface area contributed by atoms with Gasteiger partial charge < -0.3 is 10.1 Å². The van der Waals surface area contributed by atoms with Crippen LogP contribution in [0.25, 0.3) is 16.9 Å². The number of nitrogens with one attached hydrogen (secondary N) is 1. The minimum absolute atomic E-state index is 0.634. The lowest BCUT2D eigenvalue weighted by molar-refractivity contribution is 0.414. The summed E-state index contributed by atoms with van der Waals surface area (Å²) in [5.41, 5.74) is 5.63. The molecule has 28 heavy (non-hydrogen) atoms. The molecule has 0 atom stereocenters. The smallest absolute Gasteiger partial charge is 0.156 e. The molecule has 2 heterocycles. The molecule has 0 spiro atoms. The molecule has 0 bridgehead atoms. The highest BCUT2D eigenvalue weighted by Crippen LogP contribution is 2.22. The largest absolute Gasteiger partial charge is 0.497 e. The molecule has 0 aliphatic heterocycles. The molecule has 0 aliphatic carbocycles. The maximum Gasteiger partial charge on any atom is 0.156 e. The maximum absolute atomic E-state index is 9.01. The monoisotopic (exact) mass is 369 g/mol. The molecular weight excluding hydrogens is 350 g/mol. The van der Waals surface area contributed by atoms with Crippen molar-refractivity contribution in [1.29, 1.82) is 5.26 Å². The number of aromatic nitrogens is 3. The molecule has 0 fully saturated rings. The molecule has 1 N–H and O–H groups in total. The van der Waals surface area contributed by atoms with Gasteiger partial charge in [0.1, 0.15) is 12.1 Å². The van der Waals surface area contributed by atoms with Crippen LogP contribution in [0.5, 0.6) is 5.75 Å². The van der Waals surface area contributed by atoms with Crippen LogP contribution in [0.1, 0.15) is 16.7 Å². The van der Waals surface area contributed by atoms with Crippen molar-refractivity contribution in [3.8, 4) is 23.1 Å². The predicted molar refractivity (Wildman–Crippen MR) is 107 cm³/mol. The van der Waals surface area contributed by atoms with E-state index >= 15 is 0 Å². The number of rotatable bonds is 6. The molecule has 0 aliphatic rings. The number of methoxy groups -OCH3 is 1. The first-order chi connectivity index (χ1) is 13.8. The van der Waals surface area contributed by atoms with Crippen molar-refractivity contribution in [3.05, 3.63) is 83.7 Å². The van der Waals surface area contributed by atoms with Crippen LogP contribution in [0.4, 0.5) is 0 Å². The van der Waals surface area contributed by atoms with E-state index in [1.54, 1.807) is 13.4 Å². The van der Waals surface area contributed by atoms with Gasteiger partial charge in [0.15, 0.2) is 5.65 Å². The van der Waals surface area contributed by atoms with E-state index in [0.29, 0.717) is 12.1 Å². The number of nitriles is 1. The van der Waals surface area contributed by atoms with Crippen molar-refractivity contribution in [3.63, 3.8) is 0 Å². The molecule has 0 saturated carbocycles. The van der Waals surface area contributed by atoms with Gasteiger partial charge in [-0.05, 0) is 47.5 Å². The summed E-state index contributed by atoms with van der Waals surface area (Å²) < 4.78 is 7.09. The lowest BCUT2D eigenvalue weighted by Gasteiger charge is -2.10. The lowest BCUT2D eigenvalue weighted by atomic mass is 10.1. The van der Waals surface area contributed by atoms with Crippen LogP contribution in [0, 0.1) is 11.3 Å². The topological polar surface area (TPSA) is 75.2 Å². The zero-order valence-electron chi connectivity index (χ0n) is 15.5. The Morgan fingerprint density at radius 1 is 1.04 bits per heavy atom. The summed E-state index contributed by atoms with van der Waals surface area (Å²) in [4.78, 5) is 4.34. The van der Waals surface area contributed by atoms with Crippen LogP contribution < -0.4 is 10.1 Å². The van der Waals surface area contributed by atoms with E-state index in [4.69, 9.17) is 10.00 Å². The van der Waals surface area contributed by atoms with E-state index in [1.807, 2.05) is 53.0 Å². The summed E-state index contributed by atoms with van der Waals surface area (Å²) >= 11 is 0. The molecule has 4 rings (SSSR count). The highest BCUT2D eigenvalue weighted by Gasteiger charge is 2.09. The van der Waals surface area contributed by atoms with E-state index in [0.717, 1.165) is 40.3 Å². The minimum Gasteiger partial charge on any atom is -0.497 e. The average molecular weight is 369 g/mol. The molecule has 2 aromatic carbocycles. The second kappa shape index (κ2) is 7.91. The third-order valence-electron chi connectivity index (χ3n) is 4.54. The van der Waals surface area contributed by atoms with Crippen molar-refractivity contribution >= 4 is 5.65 Å². The Bertz CT molecular complexity index is 1140. The van der Waals surface area contributed by atoms with Gasteiger partial charge in [-0.3, -0.25) is 0 Å². The summed E-state index contributed by atoms with van der Waals surface area (Å²) in [6, 6.07) is 21.8. The van der Waals surface area contributed by atoms with E-state index in [-0.39, 0.29) is 0 Å². The Hall–Kier alpha value is -3.69. The van der Waals surface area contributed by atoms with Gasteiger partial charge in [-0.1, -0.05) is 24.3 Å². The van der Waals surface area contributed by atoms with Gasteiger partial charge in [0.2, 0.25) is 0 Å². The van der Waals surface area contributed by atoms with E-state index < -0.39 is 0 Å². The SMILES string of the molecule is COc1cccc(CNCc2cc(-c3ccc(C#N)cc3)n3ncnc3c2)c1. The van der Waals surface area contributed by atoms with Crippen LogP contribution in [0.2, 0.25) is 0 Å². The number of benzene rings is 2. The van der Waals surface area contributed by atoms with Gasteiger partial charge in [0.05, 0.1) is 24.4 Å². The summed E-state index contributed by atoms with van der Waals surface area (Å²) in [7, 11) is 1.67. The third kappa shape index (κ3) is 3.70. The molecule has 0 amide bonds. The zero-order chi connectivity index (χ0) is 19.3. The number of hydrogen-bond acceptors (Lipinski definition) is 5. The van der Waals surface area contributed by atoms with Gasteiger partial charge in [-0.2, -0.15) is 10.4 Å². The van der Waals surface area contributed by atoms with Gasteiger partial charge in [0, 0.05) is 18.7 Å². The number of ether oxygens (including phenoxy) is 1. The quantitative estimate of drug-likeness (QED) is 0.562. The zero-order valence-corrected chi connectivity index (χ0v) is 15.5. The molecule has 0 saturated heterocycles. The van der Waals surface area contributed by atoms with Crippen LogP contribution in [-0.4, -0.2) is 21.7 Å². The molecule has 6 heteroatoms. The molecule has 4 aromatic rings. The van der Waals surface area contributed by atoms with Gasteiger partial charge in [-0.25, -0.2) is 9.50 Å². The molecule has 0 radical (unpaired) electrons. The normalized spacial score (nSPS) is 10.7. The molecule has 138 valence electrons. The van der Waals surface area contributed by atoms with Crippen molar-refractivity contribution in [2.45, 2.75) is 13.1 Å². The van der Waals surface area contributed by atoms with E-state index in [2.05, 4.69) is 33.6 Å². The van der Waals surface area contributed by atoms with Crippen LogP contribution in [-0.2, 0) is 13.1 Å². The van der Waals surface area contributed by atoms with E-state index in [1.165, 1.54) is 0 Å². The number of pyridine rings is 1. The molecule has 6 nitrogen and oxygen atoms in total. The Morgan fingerprint density at radius 2 is 1.86 bits per heavy atom.